The Labute approximate surface area is 147 Å². The fraction of sp³-hybridized carbons (Fsp3) is 0.286. The summed E-state index contributed by atoms with van der Waals surface area (Å²) in [5, 5.41) is 9.64. The molecule has 1 heterocycles. The Balaban J connectivity index is 1.96. The minimum atomic E-state index is -0.975. The van der Waals surface area contributed by atoms with Gasteiger partial charge in [-0.15, -0.1) is 0 Å². The maximum Gasteiger partial charge on any atom is 0.336 e. The largest absolute Gasteiger partial charge is 0.486 e. The molecule has 0 bridgehead atoms. The van der Waals surface area contributed by atoms with E-state index in [1.54, 1.807) is 24.3 Å². The molecule has 0 unspecified atom stereocenters. The Kier molecular flexibility index (Phi) is 4.53. The van der Waals surface area contributed by atoms with E-state index in [2.05, 4.69) is 20.8 Å². The smallest absolute Gasteiger partial charge is 0.336 e. The van der Waals surface area contributed by atoms with E-state index in [0.29, 0.717) is 30.3 Å². The third-order valence-electron chi connectivity index (χ3n) is 4.17. The second kappa shape index (κ2) is 6.63. The number of fused-ring (bicyclic) bond motifs is 1. The Morgan fingerprint density at radius 3 is 2.24 bits per heavy atom. The van der Waals surface area contributed by atoms with E-state index in [0.717, 1.165) is 5.56 Å². The average Bonchev–Trinajstić information content (AvgIpc) is 2.58. The van der Waals surface area contributed by atoms with Crippen molar-refractivity contribution in [2.75, 3.05) is 13.2 Å². The summed E-state index contributed by atoms with van der Waals surface area (Å²) in [7, 11) is 0. The van der Waals surface area contributed by atoms with Crippen LogP contribution in [-0.4, -0.2) is 24.3 Å². The van der Waals surface area contributed by atoms with Crippen LogP contribution < -0.4 is 9.47 Å². The predicted octanol–water partition coefficient (Wildman–Crippen LogP) is 4.38. The first-order valence-electron chi connectivity index (χ1n) is 8.30. The number of benzene rings is 2. The van der Waals surface area contributed by atoms with Gasteiger partial charge in [0, 0.05) is 0 Å². The quantitative estimate of drug-likeness (QED) is 0.666. The highest BCUT2D eigenvalue weighted by atomic mass is 16.6. The van der Waals surface area contributed by atoms with Crippen molar-refractivity contribution >= 4 is 17.6 Å². The molecule has 130 valence electrons. The van der Waals surface area contributed by atoms with Crippen molar-refractivity contribution < 1.29 is 19.4 Å². The predicted molar refractivity (Wildman–Crippen MR) is 98.1 cm³/mol. The third kappa shape index (κ3) is 3.85. The molecule has 2 aromatic rings. The number of hydrogen-bond acceptors (Lipinski definition) is 3. The Bertz CT molecular complexity index is 811. The van der Waals surface area contributed by atoms with Crippen molar-refractivity contribution in [2.24, 2.45) is 0 Å². The highest BCUT2D eigenvalue weighted by molar-refractivity contribution is 6.20. The molecule has 1 aliphatic heterocycles. The molecule has 1 N–H and O–H groups in total. The van der Waals surface area contributed by atoms with Gasteiger partial charge in [0.05, 0.1) is 5.57 Å². The summed E-state index contributed by atoms with van der Waals surface area (Å²) in [4.78, 5) is 11.8. The first kappa shape index (κ1) is 17.1. The van der Waals surface area contributed by atoms with Crippen LogP contribution in [0.5, 0.6) is 11.5 Å². The molecule has 0 amide bonds. The van der Waals surface area contributed by atoms with Gasteiger partial charge in [-0.25, -0.2) is 4.79 Å². The average molecular weight is 338 g/mol. The van der Waals surface area contributed by atoms with E-state index in [-0.39, 0.29) is 11.0 Å². The summed E-state index contributed by atoms with van der Waals surface area (Å²) >= 11 is 0. The second-order valence-electron chi connectivity index (χ2n) is 7.09. The standard InChI is InChI=1S/C21H22O4/c1-21(2,3)16-7-4-14(5-8-16)12-17(20(22)23)15-6-9-18-19(13-15)25-11-10-24-18/h4-9,12-13H,10-11H2,1-3H3,(H,22,23)/b17-12-. The van der Waals surface area contributed by atoms with Crippen molar-refractivity contribution in [1.29, 1.82) is 0 Å². The SMILES string of the molecule is CC(C)(C)c1ccc(/C=C(\C(=O)O)c2ccc3c(c2)OCCO3)cc1. The summed E-state index contributed by atoms with van der Waals surface area (Å²) in [5.74, 6) is 0.254. The van der Waals surface area contributed by atoms with Gasteiger partial charge in [0.2, 0.25) is 0 Å². The monoisotopic (exact) mass is 338 g/mol. The van der Waals surface area contributed by atoms with Crippen molar-refractivity contribution in [3.63, 3.8) is 0 Å². The van der Waals surface area contributed by atoms with Crippen LogP contribution in [0.25, 0.3) is 11.6 Å². The van der Waals surface area contributed by atoms with Crippen molar-refractivity contribution in [3.05, 3.63) is 59.2 Å². The van der Waals surface area contributed by atoms with Crippen LogP contribution in [-0.2, 0) is 10.2 Å². The van der Waals surface area contributed by atoms with Crippen LogP contribution in [0.4, 0.5) is 0 Å². The molecular formula is C21H22O4. The fourth-order valence-corrected chi connectivity index (χ4v) is 2.73. The zero-order valence-corrected chi connectivity index (χ0v) is 14.7. The molecule has 0 radical (unpaired) electrons. The van der Waals surface area contributed by atoms with Gasteiger partial charge in [-0.05, 0) is 40.3 Å². The lowest BCUT2D eigenvalue weighted by Gasteiger charge is -2.19. The molecule has 2 aromatic carbocycles. The summed E-state index contributed by atoms with van der Waals surface area (Å²) in [6.07, 6.45) is 1.68. The molecule has 0 fully saturated rings. The van der Waals surface area contributed by atoms with Gasteiger partial charge in [0.25, 0.3) is 0 Å². The van der Waals surface area contributed by atoms with Crippen LogP contribution in [0.2, 0.25) is 0 Å². The topological polar surface area (TPSA) is 55.8 Å². The second-order valence-corrected chi connectivity index (χ2v) is 7.09. The van der Waals surface area contributed by atoms with Crippen LogP contribution in [0.15, 0.2) is 42.5 Å². The maximum absolute atomic E-state index is 11.8. The molecule has 0 atom stereocenters. The van der Waals surface area contributed by atoms with E-state index in [9.17, 15) is 9.90 Å². The normalized spacial score (nSPS) is 14.3. The zero-order valence-electron chi connectivity index (χ0n) is 14.7. The zero-order chi connectivity index (χ0) is 18.0. The molecule has 4 nitrogen and oxygen atoms in total. The molecule has 0 aliphatic carbocycles. The number of ether oxygens (including phenoxy) is 2. The fourth-order valence-electron chi connectivity index (χ4n) is 2.73. The first-order valence-corrected chi connectivity index (χ1v) is 8.30. The number of carboxylic acid groups (broad SMARTS) is 1. The lowest BCUT2D eigenvalue weighted by Crippen LogP contribution is -2.15. The van der Waals surface area contributed by atoms with Gasteiger partial charge >= 0.3 is 5.97 Å². The number of carboxylic acids is 1. The van der Waals surface area contributed by atoms with Crippen LogP contribution in [0.3, 0.4) is 0 Å². The molecule has 0 saturated carbocycles. The van der Waals surface area contributed by atoms with Gasteiger partial charge in [0.15, 0.2) is 11.5 Å². The van der Waals surface area contributed by atoms with E-state index >= 15 is 0 Å². The van der Waals surface area contributed by atoms with Gasteiger partial charge in [-0.3, -0.25) is 0 Å². The summed E-state index contributed by atoms with van der Waals surface area (Å²) in [6, 6.07) is 13.2. The Morgan fingerprint density at radius 2 is 1.64 bits per heavy atom. The molecule has 3 rings (SSSR count). The summed E-state index contributed by atoms with van der Waals surface area (Å²) < 4.78 is 11.0. The minimum absolute atomic E-state index is 0.0632. The van der Waals surface area contributed by atoms with Crippen molar-refractivity contribution in [1.82, 2.24) is 0 Å². The van der Waals surface area contributed by atoms with Gasteiger partial charge in [-0.2, -0.15) is 0 Å². The minimum Gasteiger partial charge on any atom is -0.486 e. The van der Waals surface area contributed by atoms with E-state index < -0.39 is 5.97 Å². The molecular weight excluding hydrogens is 316 g/mol. The molecule has 0 saturated heterocycles. The number of carbonyl (C=O) groups is 1. The summed E-state index contributed by atoms with van der Waals surface area (Å²) in [6.45, 7) is 7.42. The molecule has 4 heteroatoms. The van der Waals surface area contributed by atoms with Crippen molar-refractivity contribution in [2.45, 2.75) is 26.2 Å². The van der Waals surface area contributed by atoms with Gasteiger partial charge in [0.1, 0.15) is 13.2 Å². The van der Waals surface area contributed by atoms with Gasteiger partial charge in [-0.1, -0.05) is 51.1 Å². The van der Waals surface area contributed by atoms with E-state index in [1.165, 1.54) is 5.56 Å². The van der Waals surface area contributed by atoms with E-state index in [4.69, 9.17) is 9.47 Å². The van der Waals surface area contributed by atoms with E-state index in [1.807, 2.05) is 24.3 Å². The molecule has 1 aliphatic rings. The van der Waals surface area contributed by atoms with Crippen LogP contribution in [0.1, 0.15) is 37.5 Å². The summed E-state index contributed by atoms with van der Waals surface area (Å²) in [5.41, 5.74) is 2.94. The Hall–Kier alpha value is -2.75. The number of rotatable bonds is 3. The highest BCUT2D eigenvalue weighted by Crippen LogP contribution is 2.33. The van der Waals surface area contributed by atoms with Crippen LogP contribution in [0, 0.1) is 0 Å². The Morgan fingerprint density at radius 1 is 1.00 bits per heavy atom. The van der Waals surface area contributed by atoms with Gasteiger partial charge < -0.3 is 14.6 Å². The third-order valence-corrected chi connectivity index (χ3v) is 4.17. The lowest BCUT2D eigenvalue weighted by molar-refractivity contribution is -0.130. The molecule has 0 spiro atoms. The highest BCUT2D eigenvalue weighted by Gasteiger charge is 2.17. The first-order chi connectivity index (χ1) is 11.8. The lowest BCUT2D eigenvalue weighted by atomic mass is 9.86. The maximum atomic E-state index is 11.8. The number of aliphatic carboxylic acids is 1. The van der Waals surface area contributed by atoms with Crippen molar-refractivity contribution in [3.8, 4) is 11.5 Å². The molecule has 0 aromatic heterocycles. The number of hydrogen-bond donors (Lipinski definition) is 1. The van der Waals surface area contributed by atoms with Crippen LogP contribution >= 0.6 is 0 Å². The molecule has 25 heavy (non-hydrogen) atoms.